The number of likely N-dealkylation sites (tertiary alicyclic amines) is 1. The Bertz CT molecular complexity index is 2230. The smallest absolute Gasteiger partial charge is 0.335 e. The first kappa shape index (κ1) is 66.5. The van der Waals surface area contributed by atoms with E-state index < -0.39 is 35.3 Å². The number of benzene rings is 1. The number of carbonyl (C=O) groups is 6. The Morgan fingerprint density at radius 2 is 1.07 bits per heavy atom. The lowest BCUT2D eigenvalue weighted by Crippen LogP contribution is -2.56. The molecule has 1 aromatic carbocycles. The van der Waals surface area contributed by atoms with Crippen LogP contribution in [0.25, 0.3) is 5.70 Å². The molecule has 6 N–H and O–H groups in total. The number of imide groups is 2. The molecule has 458 valence electrons. The predicted molar refractivity (Wildman–Crippen MR) is 288 cm³/mol. The molecule has 0 bridgehead atoms. The number of amides is 7. The van der Waals surface area contributed by atoms with E-state index >= 15 is 0 Å². The van der Waals surface area contributed by atoms with E-state index in [-0.39, 0.29) is 76.1 Å². The summed E-state index contributed by atoms with van der Waals surface area (Å²) in [6, 6.07) is 6.21. The molecule has 0 atom stereocenters. The van der Waals surface area contributed by atoms with Gasteiger partial charge in [-0.25, -0.2) is 35.1 Å². The largest absolute Gasteiger partial charge is 0.467 e. The Kier molecular flexibility index (Phi) is 31.9. The van der Waals surface area contributed by atoms with Gasteiger partial charge in [0.05, 0.1) is 202 Å². The van der Waals surface area contributed by atoms with Crippen molar-refractivity contribution in [1.29, 1.82) is 0 Å². The standard InChI is InChI=1S/C52H80N10O20/c1-69-49-55-38-43(39-56-49)61-48(66)52(58-51(61)68)8-10-59(11-9-52)50(67)57-42-4-2-3-41(37-42)44(53)40-60(54)12-14-71-16-18-73-20-22-75-24-26-77-28-30-79-32-34-81-36-35-80-33-31-78-29-27-76-25-23-74-21-19-72-17-15-70-13-7-47(65)82-62-45(63)5-6-46(62)64/h2-4,37-40H,5-36,53-54H2,1H3,(H,57,67)(H,58,68)/b44-40-. The third-order valence-corrected chi connectivity index (χ3v) is 12.1. The van der Waals surface area contributed by atoms with Gasteiger partial charge >= 0.3 is 24.0 Å². The van der Waals surface area contributed by atoms with Crippen molar-refractivity contribution in [2.24, 2.45) is 11.6 Å². The van der Waals surface area contributed by atoms with Crippen molar-refractivity contribution in [2.45, 2.75) is 37.6 Å². The van der Waals surface area contributed by atoms with Crippen LogP contribution in [-0.2, 0) is 80.9 Å². The summed E-state index contributed by atoms with van der Waals surface area (Å²) in [4.78, 5) is 89.4. The lowest BCUT2D eigenvalue weighted by atomic mass is 9.87. The summed E-state index contributed by atoms with van der Waals surface area (Å²) in [7, 11) is 1.41. The van der Waals surface area contributed by atoms with Crippen LogP contribution in [0.15, 0.2) is 42.9 Å². The summed E-state index contributed by atoms with van der Waals surface area (Å²) in [6.45, 7) is 10.3. The number of piperidine rings is 1. The molecule has 0 aliphatic carbocycles. The molecule has 7 amide bonds. The summed E-state index contributed by atoms with van der Waals surface area (Å²) >= 11 is 0. The first-order chi connectivity index (χ1) is 40.0. The molecule has 3 aliphatic rings. The lowest BCUT2D eigenvalue weighted by Gasteiger charge is -2.37. The quantitative estimate of drug-likeness (QED) is 0.0227. The zero-order valence-corrected chi connectivity index (χ0v) is 46.7. The lowest BCUT2D eigenvalue weighted by molar-refractivity contribution is -0.198. The van der Waals surface area contributed by atoms with Gasteiger partial charge in [-0.1, -0.05) is 12.1 Å². The minimum atomic E-state index is -1.14. The van der Waals surface area contributed by atoms with Gasteiger partial charge in [0.1, 0.15) is 5.54 Å². The number of hydrogen-bond acceptors (Lipinski definition) is 25. The molecule has 5 rings (SSSR count). The van der Waals surface area contributed by atoms with Crippen molar-refractivity contribution in [3.63, 3.8) is 0 Å². The number of nitrogens with zero attached hydrogens (tertiary/aromatic N) is 6. The molecule has 3 saturated heterocycles. The number of aromatic nitrogens is 2. The molecule has 0 radical (unpaired) electrons. The van der Waals surface area contributed by atoms with Crippen molar-refractivity contribution in [1.82, 2.24) is 30.3 Å². The van der Waals surface area contributed by atoms with E-state index in [0.717, 1.165) is 4.90 Å². The molecular formula is C52H80N10O20. The second-order valence-electron chi connectivity index (χ2n) is 18.0. The Balaban J connectivity index is 0.713. The van der Waals surface area contributed by atoms with Gasteiger partial charge < -0.3 is 92.7 Å². The third-order valence-electron chi connectivity index (χ3n) is 12.1. The predicted octanol–water partition coefficient (Wildman–Crippen LogP) is 0.237. The molecule has 0 unspecified atom stereocenters. The second-order valence-corrected chi connectivity index (χ2v) is 18.0. The number of hydroxylamine groups is 2. The number of nitrogens with two attached hydrogens (primary N) is 2. The molecule has 2 aromatic rings. The van der Waals surface area contributed by atoms with Crippen molar-refractivity contribution in [3.8, 4) is 6.01 Å². The topological polar surface area (TPSA) is 346 Å². The highest BCUT2D eigenvalue weighted by atomic mass is 16.7. The van der Waals surface area contributed by atoms with Crippen molar-refractivity contribution < 1.29 is 95.2 Å². The number of anilines is 2. The van der Waals surface area contributed by atoms with Crippen LogP contribution in [0.2, 0.25) is 0 Å². The number of carbonyl (C=O) groups excluding carboxylic acids is 6. The van der Waals surface area contributed by atoms with Crippen molar-refractivity contribution in [3.05, 3.63) is 48.4 Å². The van der Waals surface area contributed by atoms with E-state index in [1.165, 1.54) is 24.5 Å². The number of hydrogen-bond donors (Lipinski definition) is 4. The number of rotatable bonds is 45. The maximum absolute atomic E-state index is 13.4. The third kappa shape index (κ3) is 25.1. The van der Waals surface area contributed by atoms with E-state index in [2.05, 4.69) is 20.6 Å². The molecule has 3 fully saturated rings. The minimum absolute atomic E-state index is 0.0475. The molecule has 3 aliphatic heterocycles. The molecule has 30 heteroatoms. The van der Waals surface area contributed by atoms with Gasteiger partial charge in [0.15, 0.2) is 0 Å². The first-order valence-corrected chi connectivity index (χ1v) is 27.2. The Hall–Kier alpha value is -6.26. The Labute approximate surface area is 476 Å². The highest BCUT2D eigenvalue weighted by Crippen LogP contribution is 2.32. The van der Waals surface area contributed by atoms with Crippen LogP contribution in [-0.4, -0.2) is 252 Å². The zero-order valence-electron chi connectivity index (χ0n) is 46.7. The summed E-state index contributed by atoms with van der Waals surface area (Å²) in [5, 5.41) is 7.64. The summed E-state index contributed by atoms with van der Waals surface area (Å²) < 4.78 is 70.9. The van der Waals surface area contributed by atoms with Crippen LogP contribution in [0.5, 0.6) is 6.01 Å². The van der Waals surface area contributed by atoms with Crippen LogP contribution < -0.4 is 31.8 Å². The number of ether oxygens (including phenoxy) is 13. The van der Waals surface area contributed by atoms with Crippen molar-refractivity contribution in [2.75, 3.05) is 196 Å². The van der Waals surface area contributed by atoms with Crippen LogP contribution in [0.4, 0.5) is 21.0 Å². The van der Waals surface area contributed by atoms with E-state index in [9.17, 15) is 28.8 Å². The van der Waals surface area contributed by atoms with Crippen LogP contribution in [0, 0.1) is 0 Å². The zero-order chi connectivity index (χ0) is 58.5. The fraction of sp³-hybridized carbons (Fsp3) is 0.654. The summed E-state index contributed by atoms with van der Waals surface area (Å²) in [5.74, 6) is 3.98. The highest BCUT2D eigenvalue weighted by Gasteiger charge is 2.53. The Morgan fingerprint density at radius 1 is 0.646 bits per heavy atom. The van der Waals surface area contributed by atoms with E-state index in [4.69, 9.17) is 78.0 Å². The molecule has 4 heterocycles. The summed E-state index contributed by atoms with van der Waals surface area (Å²) in [6.07, 6.45) is 4.74. The van der Waals surface area contributed by atoms with Gasteiger partial charge in [0, 0.05) is 43.4 Å². The van der Waals surface area contributed by atoms with Crippen LogP contribution in [0.3, 0.4) is 0 Å². The molecule has 82 heavy (non-hydrogen) atoms. The molecule has 0 saturated carbocycles. The fourth-order valence-corrected chi connectivity index (χ4v) is 7.76. The monoisotopic (exact) mass is 1160 g/mol. The fourth-order valence-electron chi connectivity index (χ4n) is 7.76. The minimum Gasteiger partial charge on any atom is -0.467 e. The average Bonchev–Trinajstić information content (AvgIpc) is 4.11. The maximum atomic E-state index is 13.4. The maximum Gasteiger partial charge on any atom is 0.335 e. The van der Waals surface area contributed by atoms with Crippen LogP contribution >= 0.6 is 0 Å². The van der Waals surface area contributed by atoms with Gasteiger partial charge in [0.2, 0.25) is 0 Å². The van der Waals surface area contributed by atoms with E-state index in [0.29, 0.717) is 174 Å². The average molecular weight is 1170 g/mol. The van der Waals surface area contributed by atoms with E-state index in [1.807, 2.05) is 0 Å². The first-order valence-electron chi connectivity index (χ1n) is 27.2. The normalized spacial score (nSPS) is 15.2. The van der Waals surface area contributed by atoms with Gasteiger partial charge in [-0.3, -0.25) is 14.4 Å². The highest BCUT2D eigenvalue weighted by molar-refractivity contribution is 6.23. The van der Waals surface area contributed by atoms with Gasteiger partial charge in [0.25, 0.3) is 17.7 Å². The van der Waals surface area contributed by atoms with E-state index in [1.54, 1.807) is 35.4 Å². The summed E-state index contributed by atoms with van der Waals surface area (Å²) in [5.41, 5.74) is 6.97. The van der Waals surface area contributed by atoms with Gasteiger partial charge in [-0.05, 0) is 25.0 Å². The molecule has 30 nitrogen and oxygen atoms in total. The molecule has 1 spiro atoms. The SMILES string of the molecule is COc1ncc(N2C(=O)NC3(CCN(C(=O)Nc4cccc(/C(N)=C/N(N)CCOCCOCCOCCOCCOCCOCCOCCOCCOCCOCCOCCOCCC(=O)ON5C(=O)CCC5=O)c4)CC3)C2=O)cn1. The van der Waals surface area contributed by atoms with Crippen LogP contribution in [0.1, 0.15) is 37.7 Å². The number of nitrogens with one attached hydrogen (secondary N) is 2. The second kappa shape index (κ2) is 39.3. The number of hydrazine groups is 1. The molecule has 1 aromatic heterocycles. The Morgan fingerprint density at radius 3 is 1.51 bits per heavy atom. The van der Waals surface area contributed by atoms with Crippen molar-refractivity contribution >= 4 is 52.8 Å². The van der Waals surface area contributed by atoms with Gasteiger partial charge in [-0.15, -0.1) is 5.06 Å². The molecular weight excluding hydrogens is 1080 g/mol. The number of methoxy groups -OCH3 is 1. The van der Waals surface area contributed by atoms with Gasteiger partial charge in [-0.2, -0.15) is 0 Å². The number of urea groups is 2.